The Kier molecular flexibility index (Phi) is 5.84. The minimum Gasteiger partial charge on any atom is -0.378 e. The van der Waals surface area contributed by atoms with Gasteiger partial charge in [-0.15, -0.1) is 0 Å². The van der Waals surface area contributed by atoms with E-state index in [-0.39, 0.29) is 5.91 Å². The molecule has 2 aliphatic rings. The first-order valence-corrected chi connectivity index (χ1v) is 10.2. The standard InChI is InChI=1S/C20H27N7O2/c1-3-17-16(12-15(2)23-24-17)20(28)27-6-4-25(5-7-27)18-13-19(22-14-21-18)26-8-10-29-11-9-26/h12-14H,3-11H2,1-2H3. The first-order valence-electron chi connectivity index (χ1n) is 10.2. The van der Waals surface area contributed by atoms with Crippen molar-refractivity contribution in [3.8, 4) is 0 Å². The van der Waals surface area contributed by atoms with Crippen molar-refractivity contribution in [3.05, 3.63) is 35.4 Å². The van der Waals surface area contributed by atoms with Crippen LogP contribution in [-0.4, -0.2) is 83.5 Å². The molecule has 0 N–H and O–H groups in total. The second kappa shape index (κ2) is 8.69. The van der Waals surface area contributed by atoms with Gasteiger partial charge in [0, 0.05) is 45.3 Å². The molecule has 0 saturated carbocycles. The number of morpholine rings is 1. The second-order valence-corrected chi connectivity index (χ2v) is 7.31. The van der Waals surface area contributed by atoms with Crippen LogP contribution in [0.3, 0.4) is 0 Å². The van der Waals surface area contributed by atoms with Crippen LogP contribution in [0.15, 0.2) is 18.5 Å². The molecule has 4 rings (SSSR count). The lowest BCUT2D eigenvalue weighted by molar-refractivity contribution is 0.0744. The molecule has 9 nitrogen and oxygen atoms in total. The maximum atomic E-state index is 13.0. The lowest BCUT2D eigenvalue weighted by Crippen LogP contribution is -2.49. The highest BCUT2D eigenvalue weighted by molar-refractivity contribution is 5.95. The van der Waals surface area contributed by atoms with Gasteiger partial charge in [-0.05, 0) is 19.4 Å². The molecule has 9 heteroatoms. The summed E-state index contributed by atoms with van der Waals surface area (Å²) >= 11 is 0. The van der Waals surface area contributed by atoms with Crippen LogP contribution in [-0.2, 0) is 11.2 Å². The molecule has 2 aliphatic heterocycles. The van der Waals surface area contributed by atoms with Crippen molar-refractivity contribution in [2.75, 3.05) is 62.3 Å². The predicted octanol–water partition coefficient (Wildman–Crippen LogP) is 0.936. The van der Waals surface area contributed by atoms with E-state index in [9.17, 15) is 4.79 Å². The molecule has 154 valence electrons. The fourth-order valence-corrected chi connectivity index (χ4v) is 3.74. The number of carbonyl (C=O) groups excluding carboxylic acids is 1. The fourth-order valence-electron chi connectivity index (χ4n) is 3.74. The Morgan fingerprint density at radius 3 is 2.28 bits per heavy atom. The molecule has 0 spiro atoms. The summed E-state index contributed by atoms with van der Waals surface area (Å²) in [4.78, 5) is 28.2. The van der Waals surface area contributed by atoms with Gasteiger partial charge < -0.3 is 19.4 Å². The second-order valence-electron chi connectivity index (χ2n) is 7.31. The normalized spacial score (nSPS) is 17.5. The Morgan fingerprint density at radius 2 is 1.62 bits per heavy atom. The summed E-state index contributed by atoms with van der Waals surface area (Å²) in [6.07, 6.45) is 2.32. The van der Waals surface area contributed by atoms with Crippen molar-refractivity contribution in [1.29, 1.82) is 0 Å². The number of ether oxygens (including phenoxy) is 1. The lowest BCUT2D eigenvalue weighted by Gasteiger charge is -2.36. The van der Waals surface area contributed by atoms with Crippen LogP contribution in [0.4, 0.5) is 11.6 Å². The highest BCUT2D eigenvalue weighted by Crippen LogP contribution is 2.21. The summed E-state index contributed by atoms with van der Waals surface area (Å²) in [7, 11) is 0. The van der Waals surface area contributed by atoms with E-state index >= 15 is 0 Å². The number of amides is 1. The summed E-state index contributed by atoms with van der Waals surface area (Å²) < 4.78 is 5.42. The maximum Gasteiger partial charge on any atom is 0.255 e. The number of piperazine rings is 1. The van der Waals surface area contributed by atoms with Crippen LogP contribution < -0.4 is 9.80 Å². The number of hydrogen-bond donors (Lipinski definition) is 0. The molecule has 2 aromatic rings. The first kappa shape index (κ1) is 19.5. The quantitative estimate of drug-likeness (QED) is 0.753. The van der Waals surface area contributed by atoms with E-state index < -0.39 is 0 Å². The Balaban J connectivity index is 1.42. The van der Waals surface area contributed by atoms with Crippen LogP contribution in [0, 0.1) is 6.92 Å². The van der Waals surface area contributed by atoms with Crippen molar-refractivity contribution in [3.63, 3.8) is 0 Å². The largest absolute Gasteiger partial charge is 0.378 e. The number of nitrogens with zero attached hydrogens (tertiary/aromatic N) is 7. The minimum atomic E-state index is 0.0381. The number of anilines is 2. The summed E-state index contributed by atoms with van der Waals surface area (Å²) in [5.41, 5.74) is 2.19. The van der Waals surface area contributed by atoms with Crippen molar-refractivity contribution in [1.82, 2.24) is 25.1 Å². The van der Waals surface area contributed by atoms with Crippen LogP contribution >= 0.6 is 0 Å². The molecule has 0 aromatic carbocycles. The monoisotopic (exact) mass is 397 g/mol. The summed E-state index contributed by atoms with van der Waals surface area (Å²) in [5, 5.41) is 8.27. The van der Waals surface area contributed by atoms with E-state index in [4.69, 9.17) is 4.74 Å². The van der Waals surface area contributed by atoms with E-state index in [1.165, 1.54) is 0 Å². The highest BCUT2D eigenvalue weighted by Gasteiger charge is 2.25. The summed E-state index contributed by atoms with van der Waals surface area (Å²) in [6, 6.07) is 3.88. The van der Waals surface area contributed by atoms with Gasteiger partial charge >= 0.3 is 0 Å². The number of carbonyl (C=O) groups is 1. The van der Waals surface area contributed by atoms with E-state index in [0.29, 0.717) is 25.1 Å². The minimum absolute atomic E-state index is 0.0381. The molecule has 1 amide bonds. The van der Waals surface area contributed by atoms with Crippen LogP contribution in [0.2, 0.25) is 0 Å². The summed E-state index contributed by atoms with van der Waals surface area (Å²) in [6.45, 7) is 9.79. The predicted molar refractivity (Wildman–Crippen MR) is 109 cm³/mol. The maximum absolute atomic E-state index is 13.0. The van der Waals surface area contributed by atoms with E-state index in [1.807, 2.05) is 30.9 Å². The van der Waals surface area contributed by atoms with Gasteiger partial charge in [-0.3, -0.25) is 4.79 Å². The van der Waals surface area contributed by atoms with Crippen molar-refractivity contribution >= 4 is 17.5 Å². The highest BCUT2D eigenvalue weighted by atomic mass is 16.5. The number of rotatable bonds is 4. The van der Waals surface area contributed by atoms with Crippen molar-refractivity contribution < 1.29 is 9.53 Å². The Hall–Kier alpha value is -2.81. The van der Waals surface area contributed by atoms with Gasteiger partial charge in [-0.1, -0.05) is 6.92 Å². The third-order valence-electron chi connectivity index (χ3n) is 5.42. The van der Waals surface area contributed by atoms with E-state index in [0.717, 1.165) is 62.4 Å². The zero-order valence-corrected chi connectivity index (χ0v) is 17.0. The van der Waals surface area contributed by atoms with Gasteiger partial charge in [0.25, 0.3) is 5.91 Å². The van der Waals surface area contributed by atoms with Gasteiger partial charge in [0.1, 0.15) is 18.0 Å². The molecule has 29 heavy (non-hydrogen) atoms. The third-order valence-corrected chi connectivity index (χ3v) is 5.42. The van der Waals surface area contributed by atoms with Crippen LogP contribution in [0.25, 0.3) is 0 Å². The topological polar surface area (TPSA) is 87.6 Å². The fraction of sp³-hybridized carbons (Fsp3) is 0.550. The van der Waals surface area contributed by atoms with Gasteiger partial charge in [-0.2, -0.15) is 10.2 Å². The molecule has 0 aliphatic carbocycles. The lowest BCUT2D eigenvalue weighted by atomic mass is 10.1. The summed E-state index contributed by atoms with van der Waals surface area (Å²) in [5.74, 6) is 1.88. The molecule has 0 bridgehead atoms. The van der Waals surface area contributed by atoms with Crippen molar-refractivity contribution in [2.24, 2.45) is 0 Å². The van der Waals surface area contributed by atoms with Crippen molar-refractivity contribution in [2.45, 2.75) is 20.3 Å². The molecule has 2 aromatic heterocycles. The van der Waals surface area contributed by atoms with Gasteiger partial charge in [0.2, 0.25) is 0 Å². The smallest absolute Gasteiger partial charge is 0.255 e. The molecular weight excluding hydrogens is 370 g/mol. The number of hydrogen-bond acceptors (Lipinski definition) is 8. The molecular formula is C20H27N7O2. The first-order chi connectivity index (χ1) is 14.2. The SMILES string of the molecule is CCc1nnc(C)cc1C(=O)N1CCN(c2cc(N3CCOCC3)ncn2)CC1. The number of aryl methyl sites for hydroxylation is 2. The Bertz CT molecular complexity index is 862. The average molecular weight is 397 g/mol. The van der Waals surface area contributed by atoms with E-state index in [2.05, 4.69) is 30.0 Å². The molecule has 2 fully saturated rings. The molecule has 0 unspecified atom stereocenters. The van der Waals surface area contributed by atoms with Gasteiger partial charge in [0.05, 0.1) is 30.2 Å². The van der Waals surface area contributed by atoms with Gasteiger partial charge in [0.15, 0.2) is 0 Å². The molecule has 4 heterocycles. The van der Waals surface area contributed by atoms with Crippen LogP contribution in [0.1, 0.15) is 28.7 Å². The average Bonchev–Trinajstić information content (AvgIpc) is 2.79. The van der Waals surface area contributed by atoms with Crippen LogP contribution in [0.5, 0.6) is 0 Å². The Morgan fingerprint density at radius 1 is 0.966 bits per heavy atom. The van der Waals surface area contributed by atoms with E-state index in [1.54, 1.807) is 6.33 Å². The molecule has 0 radical (unpaired) electrons. The van der Waals surface area contributed by atoms with Gasteiger partial charge in [-0.25, -0.2) is 9.97 Å². The number of aromatic nitrogens is 4. The molecule has 0 atom stereocenters. The zero-order valence-electron chi connectivity index (χ0n) is 17.0. The Labute approximate surface area is 170 Å². The molecule has 2 saturated heterocycles. The third kappa shape index (κ3) is 4.29. The zero-order chi connectivity index (χ0) is 20.2.